The number of aromatic nitrogens is 1. The average molecular weight is 456 g/mol. The minimum Gasteiger partial charge on any atom is -0.493 e. The third-order valence-corrected chi connectivity index (χ3v) is 5.96. The van der Waals surface area contributed by atoms with Crippen LogP contribution in [-0.4, -0.2) is 54.8 Å². The molecule has 2 atom stereocenters. The number of fused-ring (bicyclic) bond motifs is 1. The summed E-state index contributed by atoms with van der Waals surface area (Å²) in [7, 11) is 1.47. The second kappa shape index (κ2) is 8.90. The van der Waals surface area contributed by atoms with E-state index in [4.69, 9.17) is 14.2 Å². The summed E-state index contributed by atoms with van der Waals surface area (Å²) < 4.78 is 16.8. The summed E-state index contributed by atoms with van der Waals surface area (Å²) >= 11 is 0. The van der Waals surface area contributed by atoms with Crippen LogP contribution in [0.5, 0.6) is 17.2 Å². The number of aliphatic hydroxyl groups is 1. The van der Waals surface area contributed by atoms with Crippen LogP contribution in [0.2, 0.25) is 0 Å². The predicted octanol–water partition coefficient (Wildman–Crippen LogP) is 1.80. The SMILES string of the molecule is COc1cc(C(=O)NCC(O)c2cc3c(c(C)n2)OCC3(C)C)ccc1OC1CCNC1=O. The Kier molecular flexibility index (Phi) is 6.16. The van der Waals surface area contributed by atoms with E-state index in [0.717, 1.165) is 17.0 Å². The predicted molar refractivity (Wildman–Crippen MR) is 120 cm³/mol. The number of benzene rings is 1. The van der Waals surface area contributed by atoms with Gasteiger partial charge in [-0.05, 0) is 31.2 Å². The van der Waals surface area contributed by atoms with Gasteiger partial charge < -0.3 is 30.0 Å². The van der Waals surface area contributed by atoms with E-state index in [1.807, 2.05) is 13.0 Å². The molecule has 3 N–H and O–H groups in total. The maximum Gasteiger partial charge on any atom is 0.261 e. The second-order valence-electron chi connectivity index (χ2n) is 8.96. The highest BCUT2D eigenvalue weighted by atomic mass is 16.5. The van der Waals surface area contributed by atoms with Crippen LogP contribution in [0.4, 0.5) is 0 Å². The lowest BCUT2D eigenvalue weighted by molar-refractivity contribution is -0.124. The van der Waals surface area contributed by atoms with Crippen LogP contribution in [0.1, 0.15) is 53.7 Å². The molecule has 9 nitrogen and oxygen atoms in total. The summed E-state index contributed by atoms with van der Waals surface area (Å²) in [5.41, 5.74) is 2.39. The molecule has 0 saturated carbocycles. The third-order valence-electron chi connectivity index (χ3n) is 5.96. The molecule has 33 heavy (non-hydrogen) atoms. The number of amides is 2. The maximum absolute atomic E-state index is 12.7. The van der Waals surface area contributed by atoms with E-state index >= 15 is 0 Å². The molecule has 3 heterocycles. The lowest BCUT2D eigenvalue weighted by Crippen LogP contribution is -2.29. The molecule has 9 heteroatoms. The molecule has 2 aromatic rings. The zero-order valence-corrected chi connectivity index (χ0v) is 19.2. The van der Waals surface area contributed by atoms with Gasteiger partial charge in [0, 0.05) is 36.1 Å². The summed E-state index contributed by atoms with van der Waals surface area (Å²) in [6.45, 7) is 7.13. The zero-order valence-electron chi connectivity index (χ0n) is 19.2. The number of pyridine rings is 1. The van der Waals surface area contributed by atoms with Crippen LogP contribution in [0.3, 0.4) is 0 Å². The molecule has 0 radical (unpaired) electrons. The molecule has 0 bridgehead atoms. The zero-order chi connectivity index (χ0) is 23.8. The molecule has 2 unspecified atom stereocenters. The first-order chi connectivity index (χ1) is 15.7. The number of hydrogen-bond donors (Lipinski definition) is 3. The highest BCUT2D eigenvalue weighted by Crippen LogP contribution is 2.40. The van der Waals surface area contributed by atoms with Crippen molar-refractivity contribution in [1.82, 2.24) is 15.6 Å². The van der Waals surface area contributed by atoms with Crippen molar-refractivity contribution in [3.05, 3.63) is 46.8 Å². The first-order valence-electron chi connectivity index (χ1n) is 10.9. The molecular weight excluding hydrogens is 426 g/mol. The van der Waals surface area contributed by atoms with Gasteiger partial charge in [-0.15, -0.1) is 0 Å². The topological polar surface area (TPSA) is 119 Å². The van der Waals surface area contributed by atoms with Gasteiger partial charge in [-0.25, -0.2) is 0 Å². The molecule has 0 spiro atoms. The first kappa shape index (κ1) is 22.8. The van der Waals surface area contributed by atoms with Crippen LogP contribution >= 0.6 is 0 Å². The maximum atomic E-state index is 12.7. The van der Waals surface area contributed by atoms with Crippen LogP contribution < -0.4 is 24.8 Å². The lowest BCUT2D eigenvalue weighted by atomic mass is 9.86. The van der Waals surface area contributed by atoms with Crippen molar-refractivity contribution in [2.24, 2.45) is 0 Å². The Balaban J connectivity index is 1.42. The van der Waals surface area contributed by atoms with Gasteiger partial charge in [-0.2, -0.15) is 0 Å². The molecule has 1 aromatic carbocycles. The smallest absolute Gasteiger partial charge is 0.261 e. The van der Waals surface area contributed by atoms with E-state index in [2.05, 4.69) is 29.5 Å². The summed E-state index contributed by atoms with van der Waals surface area (Å²) in [6, 6.07) is 6.58. The van der Waals surface area contributed by atoms with Crippen molar-refractivity contribution in [3.8, 4) is 17.2 Å². The fourth-order valence-electron chi connectivity index (χ4n) is 4.01. The molecule has 1 saturated heterocycles. The number of carbonyl (C=O) groups excluding carboxylic acids is 2. The highest BCUT2D eigenvalue weighted by molar-refractivity contribution is 5.95. The normalized spacial score (nSPS) is 19.3. The van der Waals surface area contributed by atoms with Crippen molar-refractivity contribution in [3.63, 3.8) is 0 Å². The van der Waals surface area contributed by atoms with Crippen molar-refractivity contribution < 1.29 is 28.9 Å². The molecule has 176 valence electrons. The molecule has 1 aromatic heterocycles. The Morgan fingerprint density at radius 3 is 2.85 bits per heavy atom. The fraction of sp³-hybridized carbons (Fsp3) is 0.458. The van der Waals surface area contributed by atoms with Gasteiger partial charge in [0.05, 0.1) is 25.1 Å². The van der Waals surface area contributed by atoms with Gasteiger partial charge >= 0.3 is 0 Å². The average Bonchev–Trinajstić information content (AvgIpc) is 3.34. The van der Waals surface area contributed by atoms with Crippen LogP contribution in [-0.2, 0) is 10.2 Å². The number of ether oxygens (including phenoxy) is 3. The number of methoxy groups -OCH3 is 1. The second-order valence-corrected chi connectivity index (χ2v) is 8.96. The molecule has 2 aliphatic rings. The van der Waals surface area contributed by atoms with E-state index in [9.17, 15) is 14.7 Å². The number of aliphatic hydroxyl groups excluding tert-OH is 1. The van der Waals surface area contributed by atoms with Crippen molar-refractivity contribution >= 4 is 11.8 Å². The summed E-state index contributed by atoms with van der Waals surface area (Å²) in [5.74, 6) is 0.960. The van der Waals surface area contributed by atoms with E-state index in [0.29, 0.717) is 42.3 Å². The quantitative estimate of drug-likeness (QED) is 0.582. The molecule has 4 rings (SSSR count). The molecular formula is C24H29N3O6. The van der Waals surface area contributed by atoms with E-state index < -0.39 is 12.2 Å². The Labute approximate surface area is 192 Å². The first-order valence-corrected chi connectivity index (χ1v) is 10.9. The fourth-order valence-corrected chi connectivity index (χ4v) is 4.01. The summed E-state index contributed by atoms with van der Waals surface area (Å²) in [5, 5.41) is 16.1. The van der Waals surface area contributed by atoms with Gasteiger partial charge in [0.25, 0.3) is 11.8 Å². The van der Waals surface area contributed by atoms with E-state index in [1.165, 1.54) is 7.11 Å². The molecule has 1 fully saturated rings. The Bertz CT molecular complexity index is 1080. The number of rotatable bonds is 7. The molecule has 0 aliphatic carbocycles. The van der Waals surface area contributed by atoms with Gasteiger partial charge in [0.1, 0.15) is 11.9 Å². The summed E-state index contributed by atoms with van der Waals surface area (Å²) in [6.07, 6.45) is -0.978. The number of carbonyl (C=O) groups is 2. The number of nitrogens with zero attached hydrogens (tertiary/aromatic N) is 1. The monoisotopic (exact) mass is 455 g/mol. The lowest BCUT2D eigenvalue weighted by Gasteiger charge is -2.18. The van der Waals surface area contributed by atoms with Gasteiger partial charge in [0.15, 0.2) is 17.6 Å². The number of aryl methyl sites for hydroxylation is 1. The summed E-state index contributed by atoms with van der Waals surface area (Å²) in [4.78, 5) is 28.9. The molecule has 2 aliphatic heterocycles. The largest absolute Gasteiger partial charge is 0.493 e. The molecule has 2 amide bonds. The highest BCUT2D eigenvalue weighted by Gasteiger charge is 2.34. The van der Waals surface area contributed by atoms with Gasteiger partial charge in [-0.1, -0.05) is 13.8 Å². The Morgan fingerprint density at radius 1 is 1.36 bits per heavy atom. The van der Waals surface area contributed by atoms with Crippen LogP contribution in [0, 0.1) is 6.92 Å². The number of hydrogen-bond acceptors (Lipinski definition) is 7. The Hall–Kier alpha value is -3.33. The van der Waals surface area contributed by atoms with Crippen molar-refractivity contribution in [2.45, 2.75) is 44.8 Å². The standard InChI is InChI=1S/C24H29N3O6/c1-13-21-15(24(2,3)12-32-21)10-16(27-13)17(28)11-26-22(29)14-5-6-18(20(9-14)31-4)33-19-7-8-25-23(19)30/h5-6,9-10,17,19,28H,7-8,11-12H2,1-4H3,(H,25,30)(H,26,29). The van der Waals surface area contributed by atoms with Gasteiger partial charge in [-0.3, -0.25) is 14.6 Å². The van der Waals surface area contributed by atoms with Crippen molar-refractivity contribution in [1.29, 1.82) is 0 Å². The Morgan fingerprint density at radius 2 is 2.15 bits per heavy atom. The van der Waals surface area contributed by atoms with E-state index in [-0.39, 0.29) is 23.8 Å². The number of nitrogens with one attached hydrogen (secondary N) is 2. The van der Waals surface area contributed by atoms with Crippen LogP contribution in [0.25, 0.3) is 0 Å². The van der Waals surface area contributed by atoms with E-state index in [1.54, 1.807) is 18.2 Å². The minimum atomic E-state index is -0.972. The third kappa shape index (κ3) is 4.59. The van der Waals surface area contributed by atoms with Gasteiger partial charge in [0.2, 0.25) is 0 Å². The van der Waals surface area contributed by atoms with Crippen molar-refractivity contribution in [2.75, 3.05) is 26.8 Å². The van der Waals surface area contributed by atoms with Crippen LogP contribution in [0.15, 0.2) is 24.3 Å². The minimum absolute atomic E-state index is 0.00580.